The first-order valence-electron chi connectivity index (χ1n) is 5.85. The van der Waals surface area contributed by atoms with Gasteiger partial charge in [0, 0.05) is 11.5 Å². The van der Waals surface area contributed by atoms with Gasteiger partial charge < -0.3 is 5.11 Å². The Morgan fingerprint density at radius 2 is 1.76 bits per heavy atom. The van der Waals surface area contributed by atoms with Gasteiger partial charge in [-0.1, -0.05) is 58.0 Å². The van der Waals surface area contributed by atoms with Gasteiger partial charge in [-0.15, -0.1) is 0 Å². The van der Waals surface area contributed by atoms with Crippen molar-refractivity contribution in [2.75, 3.05) is 0 Å². The monoisotopic (exact) mass is 232 g/mol. The van der Waals surface area contributed by atoms with Gasteiger partial charge in [-0.3, -0.25) is 0 Å². The van der Waals surface area contributed by atoms with Gasteiger partial charge in [-0.25, -0.2) is 4.79 Å². The maximum absolute atomic E-state index is 10.5. The predicted octanol–water partition coefficient (Wildman–Crippen LogP) is 3.73. The molecule has 17 heavy (non-hydrogen) atoms. The lowest BCUT2D eigenvalue weighted by molar-refractivity contribution is -0.131. The molecule has 0 saturated carbocycles. The summed E-state index contributed by atoms with van der Waals surface area (Å²) in [5.74, 6) is -0.390. The van der Waals surface area contributed by atoms with Gasteiger partial charge in [0.25, 0.3) is 0 Å². The minimum Gasteiger partial charge on any atom is -0.478 e. The fraction of sp³-hybridized carbons (Fsp3) is 0.400. The van der Waals surface area contributed by atoms with E-state index in [2.05, 4.69) is 38.1 Å². The van der Waals surface area contributed by atoms with E-state index >= 15 is 0 Å². The van der Waals surface area contributed by atoms with Crippen LogP contribution >= 0.6 is 0 Å². The molecule has 0 atom stereocenters. The summed E-state index contributed by atoms with van der Waals surface area (Å²) in [6.45, 7) is 8.34. The van der Waals surface area contributed by atoms with Gasteiger partial charge >= 0.3 is 5.97 Å². The van der Waals surface area contributed by atoms with Crippen LogP contribution in [0.3, 0.4) is 0 Å². The highest BCUT2D eigenvalue weighted by Gasteiger charge is 2.17. The molecule has 0 spiro atoms. The van der Waals surface area contributed by atoms with Crippen LogP contribution in [0.1, 0.15) is 44.7 Å². The third kappa shape index (κ3) is 3.74. The van der Waals surface area contributed by atoms with E-state index in [0.29, 0.717) is 5.92 Å². The largest absolute Gasteiger partial charge is 0.478 e. The van der Waals surface area contributed by atoms with Crippen molar-refractivity contribution in [2.24, 2.45) is 0 Å². The van der Waals surface area contributed by atoms with Crippen LogP contribution in [0, 0.1) is 0 Å². The van der Waals surface area contributed by atoms with Crippen molar-refractivity contribution in [3.05, 3.63) is 47.5 Å². The van der Waals surface area contributed by atoms with Gasteiger partial charge in [0.2, 0.25) is 0 Å². The van der Waals surface area contributed by atoms with E-state index < -0.39 is 5.97 Å². The first kappa shape index (κ1) is 13.5. The van der Waals surface area contributed by atoms with E-state index in [1.165, 1.54) is 11.6 Å². The van der Waals surface area contributed by atoms with Gasteiger partial charge in [0.1, 0.15) is 0 Å². The van der Waals surface area contributed by atoms with Crippen LogP contribution in [0.5, 0.6) is 0 Å². The number of carbonyl (C=O) groups is 1. The highest BCUT2D eigenvalue weighted by atomic mass is 16.4. The van der Waals surface area contributed by atoms with E-state index in [1.807, 2.05) is 13.8 Å². The van der Waals surface area contributed by atoms with Crippen molar-refractivity contribution < 1.29 is 9.90 Å². The minimum atomic E-state index is -0.906. The van der Waals surface area contributed by atoms with Gasteiger partial charge in [0.15, 0.2) is 0 Å². The average Bonchev–Trinajstić information content (AvgIpc) is 2.27. The second kappa shape index (κ2) is 5.17. The lowest BCUT2D eigenvalue weighted by atomic mass is 9.83. The molecule has 0 fully saturated rings. The molecule has 0 heterocycles. The Balaban J connectivity index is 2.95. The number of carboxylic acids is 1. The summed E-state index contributed by atoms with van der Waals surface area (Å²) in [7, 11) is 0. The highest BCUT2D eigenvalue weighted by Crippen LogP contribution is 2.26. The van der Waals surface area contributed by atoms with Crippen LogP contribution in [0.25, 0.3) is 0 Å². The molecule has 1 N–H and O–H groups in total. The molecule has 0 amide bonds. The number of carboxylic acid groups (broad SMARTS) is 1. The number of hydrogen-bond donors (Lipinski definition) is 1. The minimum absolute atomic E-state index is 0.256. The van der Waals surface area contributed by atoms with Gasteiger partial charge in [-0.2, -0.15) is 0 Å². The van der Waals surface area contributed by atoms with Crippen LogP contribution in [0.15, 0.2) is 36.4 Å². The van der Waals surface area contributed by atoms with Crippen LogP contribution in [-0.4, -0.2) is 11.1 Å². The van der Waals surface area contributed by atoms with Gasteiger partial charge in [-0.05, 0) is 17.0 Å². The smallest absolute Gasteiger partial charge is 0.328 e. The van der Waals surface area contributed by atoms with Crippen molar-refractivity contribution in [2.45, 2.75) is 39.0 Å². The molecule has 0 unspecified atom stereocenters. The van der Waals surface area contributed by atoms with E-state index in [0.717, 1.165) is 5.56 Å². The maximum atomic E-state index is 10.5. The summed E-state index contributed by atoms with van der Waals surface area (Å²) >= 11 is 0. The molecule has 0 aliphatic rings. The quantitative estimate of drug-likeness (QED) is 0.803. The topological polar surface area (TPSA) is 37.3 Å². The molecule has 0 aromatic heterocycles. The average molecular weight is 232 g/mol. The van der Waals surface area contributed by atoms with Crippen molar-refractivity contribution >= 4 is 5.97 Å². The first-order chi connectivity index (χ1) is 7.83. The Morgan fingerprint density at radius 1 is 1.24 bits per heavy atom. The zero-order valence-corrected chi connectivity index (χ0v) is 10.9. The zero-order chi connectivity index (χ0) is 13.1. The van der Waals surface area contributed by atoms with Crippen LogP contribution in [0.2, 0.25) is 0 Å². The summed E-state index contributed by atoms with van der Waals surface area (Å²) in [5, 5.41) is 8.65. The Kier molecular flexibility index (Phi) is 4.11. The van der Waals surface area contributed by atoms with Crippen LogP contribution in [-0.2, 0) is 10.2 Å². The normalized spacial score (nSPS) is 12.3. The first-order valence-corrected chi connectivity index (χ1v) is 5.85. The van der Waals surface area contributed by atoms with Gasteiger partial charge in [0.05, 0.1) is 0 Å². The molecule has 0 radical (unpaired) electrons. The number of benzene rings is 1. The number of allylic oxidation sites excluding steroid dienone is 1. The lowest BCUT2D eigenvalue weighted by Gasteiger charge is -2.21. The molecule has 92 valence electrons. The molecule has 2 nitrogen and oxygen atoms in total. The van der Waals surface area contributed by atoms with Crippen molar-refractivity contribution in [3.63, 3.8) is 0 Å². The Morgan fingerprint density at radius 3 is 2.18 bits per heavy atom. The molecular formula is C15H20O2. The lowest BCUT2D eigenvalue weighted by Crippen LogP contribution is -2.14. The summed E-state index contributed by atoms with van der Waals surface area (Å²) in [4.78, 5) is 10.5. The SMILES string of the molecule is CC(C)c1ccc(C(C)(C)C=CC(=O)O)cc1. The summed E-state index contributed by atoms with van der Waals surface area (Å²) in [5.41, 5.74) is 2.17. The zero-order valence-electron chi connectivity index (χ0n) is 10.9. The molecule has 1 rings (SSSR count). The third-order valence-corrected chi connectivity index (χ3v) is 2.96. The Bertz CT molecular complexity index is 411. The molecule has 2 heteroatoms. The summed E-state index contributed by atoms with van der Waals surface area (Å²) < 4.78 is 0. The van der Waals surface area contributed by atoms with Crippen molar-refractivity contribution in [3.8, 4) is 0 Å². The highest BCUT2D eigenvalue weighted by molar-refractivity contribution is 5.80. The van der Waals surface area contributed by atoms with Crippen molar-refractivity contribution in [1.29, 1.82) is 0 Å². The second-order valence-electron chi connectivity index (χ2n) is 5.17. The number of aliphatic carboxylic acids is 1. The fourth-order valence-electron chi connectivity index (χ4n) is 1.67. The number of rotatable bonds is 4. The molecule has 1 aromatic rings. The van der Waals surface area contributed by atoms with Crippen LogP contribution in [0.4, 0.5) is 0 Å². The summed E-state index contributed by atoms with van der Waals surface area (Å²) in [6, 6.07) is 8.36. The maximum Gasteiger partial charge on any atom is 0.328 e. The molecule has 0 saturated heterocycles. The van der Waals surface area contributed by atoms with E-state index in [4.69, 9.17) is 5.11 Å². The molecule has 1 aromatic carbocycles. The Labute approximate surface area is 103 Å². The summed E-state index contributed by atoms with van der Waals surface area (Å²) in [6.07, 6.45) is 2.93. The molecular weight excluding hydrogens is 212 g/mol. The Hall–Kier alpha value is -1.57. The third-order valence-electron chi connectivity index (χ3n) is 2.96. The number of hydrogen-bond acceptors (Lipinski definition) is 1. The standard InChI is InChI=1S/C15H20O2/c1-11(2)12-5-7-13(8-6-12)15(3,4)10-9-14(16)17/h5-11H,1-4H3,(H,16,17). The molecule has 0 aliphatic carbocycles. The molecule has 0 aliphatic heterocycles. The van der Waals surface area contributed by atoms with Crippen LogP contribution < -0.4 is 0 Å². The second-order valence-corrected chi connectivity index (χ2v) is 5.17. The van der Waals surface area contributed by atoms with E-state index in [9.17, 15) is 4.79 Å². The fourth-order valence-corrected chi connectivity index (χ4v) is 1.67. The van der Waals surface area contributed by atoms with E-state index in [1.54, 1.807) is 6.08 Å². The molecule has 0 bridgehead atoms. The van der Waals surface area contributed by atoms with Crippen molar-refractivity contribution in [1.82, 2.24) is 0 Å². The predicted molar refractivity (Wildman–Crippen MR) is 70.3 cm³/mol. The van der Waals surface area contributed by atoms with E-state index in [-0.39, 0.29) is 5.41 Å².